The summed E-state index contributed by atoms with van der Waals surface area (Å²) in [5, 5.41) is 0. The zero-order chi connectivity index (χ0) is 12.4. The number of guanidine groups is 1. The highest BCUT2D eigenvalue weighted by Crippen LogP contribution is 1.83. The number of allylic oxidation sites excluding steroid dienone is 1. The van der Waals surface area contributed by atoms with Gasteiger partial charge in [-0.1, -0.05) is 6.58 Å². The van der Waals surface area contributed by atoms with E-state index in [0.717, 1.165) is 0 Å². The predicted octanol–water partition coefficient (Wildman–Crippen LogP) is -0.784. The summed E-state index contributed by atoms with van der Waals surface area (Å²) in [7, 11) is 0. The van der Waals surface area contributed by atoms with Crippen LogP contribution in [-0.4, -0.2) is 42.4 Å². The van der Waals surface area contributed by atoms with Crippen LogP contribution in [0.25, 0.3) is 0 Å². The maximum Gasteiger partial charge on any atom is 0.372 e. The molecule has 88 valence electrons. The van der Waals surface area contributed by atoms with Gasteiger partial charge in [0, 0.05) is 0 Å². The number of carbonyl (C=O) groups is 1. The van der Waals surface area contributed by atoms with Crippen molar-refractivity contribution in [3.63, 3.8) is 0 Å². The maximum atomic E-state index is 11.3. The molecule has 0 aliphatic heterocycles. The van der Waals surface area contributed by atoms with E-state index in [-0.39, 0.29) is 31.6 Å². The lowest BCUT2D eigenvalue weighted by atomic mass is 10.5. The molecule has 0 rings (SSSR count). The summed E-state index contributed by atoms with van der Waals surface area (Å²) < 4.78 is 6.42. The van der Waals surface area contributed by atoms with Crippen molar-refractivity contribution in [2.24, 2.45) is 16.5 Å². The number of hydrogen-bond donors (Lipinski definition) is 2. The van der Waals surface area contributed by atoms with E-state index in [2.05, 4.69) is 18.2 Å². The Kier molecular flexibility index (Phi) is 7.14. The third-order valence-electron chi connectivity index (χ3n) is 1.49. The summed E-state index contributed by atoms with van der Waals surface area (Å²) in [6.07, 6.45) is 4.66. The average molecular weight is 225 g/mol. The van der Waals surface area contributed by atoms with Gasteiger partial charge in [-0.15, -0.1) is 0 Å². The summed E-state index contributed by atoms with van der Waals surface area (Å²) in [5.74, 6) is -0.410. The van der Waals surface area contributed by atoms with Crippen molar-refractivity contribution in [3.05, 3.63) is 25.4 Å². The summed E-state index contributed by atoms with van der Waals surface area (Å²) in [6.45, 7) is 7.53. The van der Waals surface area contributed by atoms with Gasteiger partial charge < -0.3 is 16.2 Å². The number of ether oxygens (including phenoxy) is 1. The molecule has 0 fully saturated rings. The Hall–Kier alpha value is -2.11. The molecule has 0 bridgehead atoms. The van der Waals surface area contributed by atoms with Gasteiger partial charge in [-0.2, -0.15) is 4.58 Å². The molecular formula is C10H17N4O2+. The highest BCUT2D eigenvalue weighted by molar-refractivity contribution is 5.75. The first-order chi connectivity index (χ1) is 7.60. The van der Waals surface area contributed by atoms with E-state index in [9.17, 15) is 4.79 Å². The molecule has 0 unspecified atom stereocenters. The monoisotopic (exact) mass is 225 g/mol. The quantitative estimate of drug-likeness (QED) is 0.195. The molecule has 0 spiro atoms. The molecule has 0 amide bonds. The van der Waals surface area contributed by atoms with E-state index in [1.54, 1.807) is 16.9 Å². The lowest BCUT2D eigenvalue weighted by Crippen LogP contribution is -2.24. The number of rotatable bonds is 7. The van der Waals surface area contributed by atoms with Crippen molar-refractivity contribution >= 4 is 18.1 Å². The van der Waals surface area contributed by atoms with Crippen LogP contribution < -0.4 is 11.5 Å². The second-order valence-corrected chi connectivity index (χ2v) is 2.77. The third-order valence-corrected chi connectivity index (χ3v) is 1.49. The Morgan fingerprint density at radius 1 is 1.44 bits per heavy atom. The molecule has 4 N–H and O–H groups in total. The highest BCUT2D eigenvalue weighted by Gasteiger charge is 2.09. The fourth-order valence-corrected chi connectivity index (χ4v) is 0.842. The molecule has 0 aromatic heterocycles. The molecule has 0 heterocycles. The van der Waals surface area contributed by atoms with Crippen LogP contribution in [0.1, 0.15) is 0 Å². The normalized spacial score (nSPS) is 10.4. The largest absolute Gasteiger partial charge is 0.459 e. The van der Waals surface area contributed by atoms with Gasteiger partial charge in [-0.05, 0) is 12.7 Å². The standard InChI is InChI=1S/C10H17N4O2/c1-3-6-14(4-2)8-9(15)16-7-5-13-10(11)12/h3-4,6H,1-2,5,7-8H2,(H4,11,12,13)/q+1. The van der Waals surface area contributed by atoms with Gasteiger partial charge in [0.1, 0.15) is 6.61 Å². The van der Waals surface area contributed by atoms with E-state index >= 15 is 0 Å². The molecule has 6 heteroatoms. The number of carbonyl (C=O) groups excluding carboxylic acids is 1. The molecular weight excluding hydrogens is 208 g/mol. The Morgan fingerprint density at radius 2 is 2.12 bits per heavy atom. The van der Waals surface area contributed by atoms with Gasteiger partial charge in [-0.3, -0.25) is 4.99 Å². The van der Waals surface area contributed by atoms with E-state index in [1.807, 2.05) is 0 Å². The summed E-state index contributed by atoms with van der Waals surface area (Å²) in [6, 6.07) is 0. The topological polar surface area (TPSA) is 93.7 Å². The zero-order valence-electron chi connectivity index (χ0n) is 9.13. The molecule has 0 saturated carbocycles. The first-order valence-electron chi connectivity index (χ1n) is 4.65. The average Bonchev–Trinajstić information content (AvgIpc) is 2.23. The molecule has 0 saturated heterocycles. The Bertz CT molecular complexity index is 317. The first kappa shape index (κ1) is 13.9. The first-order valence-corrected chi connectivity index (χ1v) is 4.65. The zero-order valence-corrected chi connectivity index (χ0v) is 9.13. The molecule has 6 nitrogen and oxygen atoms in total. The number of aliphatic imine (C=N–C) groups is 1. The second-order valence-electron chi connectivity index (χ2n) is 2.77. The van der Waals surface area contributed by atoms with Crippen LogP contribution in [0, 0.1) is 0 Å². The van der Waals surface area contributed by atoms with E-state index in [4.69, 9.17) is 16.2 Å². The van der Waals surface area contributed by atoms with Crippen LogP contribution in [0.5, 0.6) is 0 Å². The lowest BCUT2D eigenvalue weighted by molar-refractivity contribution is -0.441. The van der Waals surface area contributed by atoms with Crippen molar-refractivity contribution in [2.45, 2.75) is 0 Å². The third kappa shape index (κ3) is 7.31. The van der Waals surface area contributed by atoms with Crippen LogP contribution >= 0.6 is 0 Å². The fourth-order valence-electron chi connectivity index (χ4n) is 0.842. The van der Waals surface area contributed by atoms with Gasteiger partial charge in [0.05, 0.1) is 6.54 Å². The lowest BCUT2D eigenvalue weighted by Gasteiger charge is -2.00. The van der Waals surface area contributed by atoms with Crippen molar-refractivity contribution in [3.8, 4) is 0 Å². The molecule has 0 aromatic rings. The van der Waals surface area contributed by atoms with E-state index in [0.29, 0.717) is 0 Å². The number of hydrogen-bond acceptors (Lipinski definition) is 3. The summed E-state index contributed by atoms with van der Waals surface area (Å²) >= 11 is 0. The highest BCUT2D eigenvalue weighted by atomic mass is 16.5. The van der Waals surface area contributed by atoms with Gasteiger partial charge in [-0.25, -0.2) is 4.79 Å². The SMILES string of the molecule is C=CC=[N+](C=C)CC(=O)OCCN=C(N)N. The fraction of sp³-hybridized carbons (Fsp3) is 0.300. The van der Waals surface area contributed by atoms with E-state index in [1.165, 1.54) is 6.20 Å². The Balaban J connectivity index is 3.90. The number of nitrogens with two attached hydrogens (primary N) is 2. The predicted molar refractivity (Wildman–Crippen MR) is 63.2 cm³/mol. The van der Waals surface area contributed by atoms with Crippen LogP contribution in [0.15, 0.2) is 30.4 Å². The Morgan fingerprint density at radius 3 is 2.62 bits per heavy atom. The van der Waals surface area contributed by atoms with Gasteiger partial charge in [0.2, 0.25) is 6.54 Å². The smallest absolute Gasteiger partial charge is 0.372 e. The molecule has 0 radical (unpaired) electrons. The molecule has 16 heavy (non-hydrogen) atoms. The number of esters is 1. The summed E-state index contributed by atoms with van der Waals surface area (Å²) in [4.78, 5) is 14.9. The van der Waals surface area contributed by atoms with Crippen LogP contribution in [0.2, 0.25) is 0 Å². The number of nitrogens with zero attached hydrogens (tertiary/aromatic N) is 2. The van der Waals surface area contributed by atoms with Crippen LogP contribution in [-0.2, 0) is 9.53 Å². The van der Waals surface area contributed by atoms with Gasteiger partial charge in [0.15, 0.2) is 18.4 Å². The minimum atomic E-state index is -0.385. The summed E-state index contributed by atoms with van der Waals surface area (Å²) in [5.41, 5.74) is 10.2. The second kappa shape index (κ2) is 8.22. The molecule has 0 aliphatic rings. The van der Waals surface area contributed by atoms with Crippen LogP contribution in [0.3, 0.4) is 0 Å². The minimum absolute atomic E-state index is 0.0243. The van der Waals surface area contributed by atoms with Crippen LogP contribution in [0.4, 0.5) is 0 Å². The van der Waals surface area contributed by atoms with Gasteiger partial charge >= 0.3 is 5.97 Å². The molecule has 0 aliphatic carbocycles. The van der Waals surface area contributed by atoms with Crippen molar-refractivity contribution in [2.75, 3.05) is 19.7 Å². The maximum absolute atomic E-state index is 11.3. The van der Waals surface area contributed by atoms with Crippen molar-refractivity contribution in [1.82, 2.24) is 0 Å². The van der Waals surface area contributed by atoms with Crippen molar-refractivity contribution < 1.29 is 14.1 Å². The van der Waals surface area contributed by atoms with Crippen molar-refractivity contribution in [1.29, 1.82) is 0 Å². The minimum Gasteiger partial charge on any atom is -0.459 e. The Labute approximate surface area is 94.6 Å². The van der Waals surface area contributed by atoms with E-state index < -0.39 is 0 Å². The molecule has 0 atom stereocenters. The van der Waals surface area contributed by atoms with Gasteiger partial charge in [0.25, 0.3) is 0 Å². The molecule has 0 aromatic carbocycles.